The Morgan fingerprint density at radius 3 is 2.54 bits per heavy atom. The largest absolute Gasteiger partial charge is 0.496 e. The molecule has 2 rings (SSSR count). The second-order valence-electron chi connectivity index (χ2n) is 6.82. The molecule has 2 atom stereocenters. The normalized spacial score (nSPS) is 18.3. The summed E-state index contributed by atoms with van der Waals surface area (Å²) in [5.41, 5.74) is 7.23. The standard InChI is InChI=1S/C19H30N2O2.ClH/c1-4-14(2)17(20)18(22)21-13-19(11-7-8-12-19)15-9-5-6-10-16(15)23-3;/h5-6,9-10,14,17H,4,7-8,11-13,20H2,1-3H3,(H,21,22);1H. The zero-order chi connectivity index (χ0) is 16.9. The van der Waals surface area contributed by atoms with E-state index in [0.717, 1.165) is 25.0 Å². The van der Waals surface area contributed by atoms with Crippen LogP contribution in [0.25, 0.3) is 0 Å². The fourth-order valence-corrected chi connectivity index (χ4v) is 3.56. The molecular weight excluding hydrogens is 324 g/mol. The summed E-state index contributed by atoms with van der Waals surface area (Å²) in [7, 11) is 1.71. The lowest BCUT2D eigenvalue weighted by Gasteiger charge is -2.32. The van der Waals surface area contributed by atoms with E-state index in [4.69, 9.17) is 10.5 Å². The van der Waals surface area contributed by atoms with Gasteiger partial charge in [-0.05, 0) is 24.8 Å². The lowest BCUT2D eigenvalue weighted by atomic mass is 9.78. The van der Waals surface area contributed by atoms with Crippen molar-refractivity contribution in [3.05, 3.63) is 29.8 Å². The molecule has 1 aromatic carbocycles. The van der Waals surface area contributed by atoms with Crippen LogP contribution >= 0.6 is 12.4 Å². The number of carbonyl (C=O) groups excluding carboxylic acids is 1. The Morgan fingerprint density at radius 2 is 1.96 bits per heavy atom. The molecule has 0 spiro atoms. The van der Waals surface area contributed by atoms with Crippen molar-refractivity contribution in [2.45, 2.75) is 57.4 Å². The molecule has 0 bridgehead atoms. The van der Waals surface area contributed by atoms with E-state index in [-0.39, 0.29) is 29.6 Å². The molecule has 1 aromatic rings. The van der Waals surface area contributed by atoms with Gasteiger partial charge in [-0.3, -0.25) is 4.79 Å². The molecule has 136 valence electrons. The maximum absolute atomic E-state index is 12.4. The third-order valence-corrected chi connectivity index (χ3v) is 5.40. The third kappa shape index (κ3) is 4.42. The molecule has 5 heteroatoms. The molecule has 0 radical (unpaired) electrons. The second kappa shape index (κ2) is 9.28. The van der Waals surface area contributed by atoms with Crippen LogP contribution in [0.5, 0.6) is 5.75 Å². The van der Waals surface area contributed by atoms with Crippen LogP contribution in [0.2, 0.25) is 0 Å². The van der Waals surface area contributed by atoms with Crippen molar-refractivity contribution < 1.29 is 9.53 Å². The van der Waals surface area contributed by atoms with Crippen molar-refractivity contribution in [1.29, 1.82) is 0 Å². The van der Waals surface area contributed by atoms with E-state index < -0.39 is 6.04 Å². The minimum absolute atomic E-state index is 0. The first-order valence-electron chi connectivity index (χ1n) is 8.71. The monoisotopic (exact) mass is 354 g/mol. The van der Waals surface area contributed by atoms with Gasteiger partial charge in [0.05, 0.1) is 13.2 Å². The van der Waals surface area contributed by atoms with Gasteiger partial charge in [0, 0.05) is 17.5 Å². The fourth-order valence-electron chi connectivity index (χ4n) is 3.56. The molecule has 3 N–H and O–H groups in total. The van der Waals surface area contributed by atoms with Crippen molar-refractivity contribution in [3.63, 3.8) is 0 Å². The van der Waals surface area contributed by atoms with E-state index in [9.17, 15) is 4.79 Å². The maximum atomic E-state index is 12.4. The topological polar surface area (TPSA) is 64.4 Å². The van der Waals surface area contributed by atoms with Crippen LogP contribution in [0, 0.1) is 5.92 Å². The second-order valence-corrected chi connectivity index (χ2v) is 6.82. The summed E-state index contributed by atoms with van der Waals surface area (Å²) < 4.78 is 5.56. The van der Waals surface area contributed by atoms with Gasteiger partial charge in [0.2, 0.25) is 5.91 Å². The number of nitrogens with two attached hydrogens (primary N) is 1. The molecule has 0 saturated heterocycles. The molecule has 1 aliphatic carbocycles. The lowest BCUT2D eigenvalue weighted by Crippen LogP contribution is -2.48. The Balaban J connectivity index is 0.00000288. The van der Waals surface area contributed by atoms with Crippen molar-refractivity contribution >= 4 is 18.3 Å². The summed E-state index contributed by atoms with van der Waals surface area (Å²) in [6.45, 7) is 4.72. The maximum Gasteiger partial charge on any atom is 0.237 e. The van der Waals surface area contributed by atoms with Crippen molar-refractivity contribution in [2.75, 3.05) is 13.7 Å². The average molecular weight is 355 g/mol. The van der Waals surface area contributed by atoms with E-state index in [2.05, 4.69) is 18.3 Å². The van der Waals surface area contributed by atoms with Crippen LogP contribution in [-0.4, -0.2) is 25.6 Å². The molecule has 4 nitrogen and oxygen atoms in total. The fraction of sp³-hybridized carbons (Fsp3) is 0.632. The quantitative estimate of drug-likeness (QED) is 0.788. The molecule has 1 saturated carbocycles. The zero-order valence-electron chi connectivity index (χ0n) is 15.0. The Bertz CT molecular complexity index is 530. The molecular formula is C19H31ClN2O2. The number of nitrogens with one attached hydrogen (secondary N) is 1. The summed E-state index contributed by atoms with van der Waals surface area (Å²) in [6, 6.07) is 7.73. The van der Waals surface area contributed by atoms with Gasteiger partial charge in [-0.1, -0.05) is 51.3 Å². The van der Waals surface area contributed by atoms with Crippen LogP contribution < -0.4 is 15.8 Å². The minimum Gasteiger partial charge on any atom is -0.496 e. The number of rotatable bonds is 7. The summed E-state index contributed by atoms with van der Waals surface area (Å²) >= 11 is 0. The first-order valence-corrected chi connectivity index (χ1v) is 8.71. The average Bonchev–Trinajstić information content (AvgIpc) is 3.08. The van der Waals surface area contributed by atoms with Gasteiger partial charge >= 0.3 is 0 Å². The number of hydrogen-bond acceptors (Lipinski definition) is 3. The molecule has 2 unspecified atom stereocenters. The number of carbonyl (C=O) groups is 1. The summed E-state index contributed by atoms with van der Waals surface area (Å²) in [6.07, 6.45) is 5.43. The number of hydrogen-bond donors (Lipinski definition) is 2. The summed E-state index contributed by atoms with van der Waals surface area (Å²) in [5.74, 6) is 1.07. The predicted molar refractivity (Wildman–Crippen MR) is 101 cm³/mol. The van der Waals surface area contributed by atoms with Gasteiger partial charge in [0.15, 0.2) is 0 Å². The number of benzene rings is 1. The van der Waals surface area contributed by atoms with E-state index in [1.807, 2.05) is 25.1 Å². The Labute approximate surface area is 151 Å². The van der Waals surface area contributed by atoms with E-state index in [1.165, 1.54) is 18.4 Å². The molecule has 0 heterocycles. The predicted octanol–water partition coefficient (Wildman–Crippen LogP) is 3.42. The van der Waals surface area contributed by atoms with Crippen molar-refractivity contribution in [2.24, 2.45) is 11.7 Å². The summed E-state index contributed by atoms with van der Waals surface area (Å²) in [4.78, 5) is 12.4. The highest BCUT2D eigenvalue weighted by atomic mass is 35.5. The highest BCUT2D eigenvalue weighted by Crippen LogP contribution is 2.44. The first-order chi connectivity index (χ1) is 11.0. The van der Waals surface area contributed by atoms with E-state index in [0.29, 0.717) is 6.54 Å². The lowest BCUT2D eigenvalue weighted by molar-refractivity contribution is -0.123. The van der Waals surface area contributed by atoms with Gasteiger partial charge in [0.25, 0.3) is 0 Å². The number of para-hydroxylation sites is 1. The van der Waals surface area contributed by atoms with Gasteiger partial charge in [-0.25, -0.2) is 0 Å². The zero-order valence-corrected chi connectivity index (χ0v) is 15.8. The highest BCUT2D eigenvalue weighted by Gasteiger charge is 2.38. The number of amides is 1. The number of ether oxygens (including phenoxy) is 1. The Morgan fingerprint density at radius 1 is 1.33 bits per heavy atom. The van der Waals surface area contributed by atoms with Crippen LogP contribution in [0.3, 0.4) is 0 Å². The molecule has 24 heavy (non-hydrogen) atoms. The van der Waals surface area contributed by atoms with Crippen LogP contribution in [-0.2, 0) is 10.2 Å². The third-order valence-electron chi connectivity index (χ3n) is 5.40. The Kier molecular flexibility index (Phi) is 8.04. The van der Waals surface area contributed by atoms with Crippen molar-refractivity contribution in [3.8, 4) is 5.75 Å². The van der Waals surface area contributed by atoms with Gasteiger partial charge < -0.3 is 15.8 Å². The van der Waals surface area contributed by atoms with Crippen LogP contribution in [0.15, 0.2) is 24.3 Å². The highest BCUT2D eigenvalue weighted by molar-refractivity contribution is 5.85. The van der Waals surface area contributed by atoms with Crippen LogP contribution in [0.1, 0.15) is 51.5 Å². The molecule has 1 fully saturated rings. The molecule has 1 amide bonds. The van der Waals surface area contributed by atoms with Gasteiger partial charge in [-0.15, -0.1) is 12.4 Å². The smallest absolute Gasteiger partial charge is 0.237 e. The Hall–Kier alpha value is -1.26. The number of methoxy groups -OCH3 is 1. The van der Waals surface area contributed by atoms with Gasteiger partial charge in [0.1, 0.15) is 5.75 Å². The molecule has 1 aliphatic rings. The summed E-state index contributed by atoms with van der Waals surface area (Å²) in [5, 5.41) is 3.11. The molecule has 0 aromatic heterocycles. The van der Waals surface area contributed by atoms with Gasteiger partial charge in [-0.2, -0.15) is 0 Å². The molecule has 0 aliphatic heterocycles. The number of halogens is 1. The van der Waals surface area contributed by atoms with E-state index >= 15 is 0 Å². The SMILES string of the molecule is CCC(C)C(N)C(=O)NCC1(c2ccccc2OC)CCCC1.Cl. The van der Waals surface area contributed by atoms with Crippen molar-refractivity contribution in [1.82, 2.24) is 5.32 Å². The minimum atomic E-state index is -0.434. The first kappa shape index (κ1) is 20.8. The van der Waals surface area contributed by atoms with E-state index in [1.54, 1.807) is 7.11 Å². The van der Waals surface area contributed by atoms with Crippen LogP contribution in [0.4, 0.5) is 0 Å².